The number of aromatic nitrogens is 1. The number of amides is 1. The van der Waals surface area contributed by atoms with E-state index < -0.39 is 6.09 Å². The standard InChI is InChI=1S/C19H24N4O3/c1-26-17-7-3-2-6-16(17)23(19(24)25)15-12-21-10-13-22(14-11-21)18-8-4-5-9-20-18/h2-9H,10-15H2,1H3,(H,24,25). The van der Waals surface area contributed by atoms with E-state index in [2.05, 4.69) is 14.8 Å². The maximum Gasteiger partial charge on any atom is 0.411 e. The summed E-state index contributed by atoms with van der Waals surface area (Å²) in [7, 11) is 1.55. The Kier molecular flexibility index (Phi) is 5.91. The molecule has 3 rings (SSSR count). The summed E-state index contributed by atoms with van der Waals surface area (Å²) in [6, 6.07) is 13.1. The number of benzene rings is 1. The van der Waals surface area contributed by atoms with E-state index in [-0.39, 0.29) is 0 Å². The van der Waals surface area contributed by atoms with E-state index >= 15 is 0 Å². The molecule has 2 heterocycles. The predicted octanol–water partition coefficient (Wildman–Crippen LogP) is 2.40. The van der Waals surface area contributed by atoms with Crippen LogP contribution in [0.1, 0.15) is 0 Å². The zero-order chi connectivity index (χ0) is 18.4. The third-order valence-electron chi connectivity index (χ3n) is 4.59. The van der Waals surface area contributed by atoms with E-state index in [1.165, 1.54) is 4.90 Å². The third kappa shape index (κ3) is 4.23. The maximum absolute atomic E-state index is 11.7. The Labute approximate surface area is 153 Å². The van der Waals surface area contributed by atoms with Crippen molar-refractivity contribution in [3.05, 3.63) is 48.7 Å². The van der Waals surface area contributed by atoms with Crippen LogP contribution in [0.2, 0.25) is 0 Å². The molecule has 0 saturated carbocycles. The van der Waals surface area contributed by atoms with E-state index in [0.717, 1.165) is 32.0 Å². The molecule has 1 fully saturated rings. The predicted molar refractivity (Wildman–Crippen MR) is 101 cm³/mol. The van der Waals surface area contributed by atoms with Gasteiger partial charge in [0.15, 0.2) is 0 Å². The van der Waals surface area contributed by atoms with E-state index in [4.69, 9.17) is 4.74 Å². The quantitative estimate of drug-likeness (QED) is 0.857. The summed E-state index contributed by atoms with van der Waals surface area (Å²) < 4.78 is 5.30. The van der Waals surface area contributed by atoms with Crippen LogP contribution in [0.5, 0.6) is 5.75 Å². The highest BCUT2D eigenvalue weighted by molar-refractivity contribution is 5.88. The largest absolute Gasteiger partial charge is 0.495 e. The number of anilines is 2. The van der Waals surface area contributed by atoms with Gasteiger partial charge in [-0.2, -0.15) is 0 Å². The number of pyridine rings is 1. The van der Waals surface area contributed by atoms with Crippen molar-refractivity contribution < 1.29 is 14.6 Å². The fourth-order valence-corrected chi connectivity index (χ4v) is 3.15. The average molecular weight is 356 g/mol. The summed E-state index contributed by atoms with van der Waals surface area (Å²) in [5.74, 6) is 1.56. The minimum Gasteiger partial charge on any atom is -0.495 e. The normalized spacial score (nSPS) is 14.9. The van der Waals surface area contributed by atoms with Crippen molar-refractivity contribution in [2.45, 2.75) is 0 Å². The van der Waals surface area contributed by atoms with Gasteiger partial charge in [0, 0.05) is 45.5 Å². The molecule has 138 valence electrons. The Hall–Kier alpha value is -2.80. The summed E-state index contributed by atoms with van der Waals surface area (Å²) >= 11 is 0. The molecule has 1 aromatic carbocycles. The molecule has 0 spiro atoms. The van der Waals surface area contributed by atoms with Gasteiger partial charge in [-0.1, -0.05) is 18.2 Å². The number of piperazine rings is 1. The van der Waals surface area contributed by atoms with E-state index in [1.807, 2.05) is 30.3 Å². The number of para-hydroxylation sites is 2. The highest BCUT2D eigenvalue weighted by Crippen LogP contribution is 2.27. The van der Waals surface area contributed by atoms with Crippen LogP contribution in [0, 0.1) is 0 Å². The number of hydrogen-bond donors (Lipinski definition) is 1. The van der Waals surface area contributed by atoms with Gasteiger partial charge in [0.2, 0.25) is 0 Å². The zero-order valence-corrected chi connectivity index (χ0v) is 14.9. The smallest absolute Gasteiger partial charge is 0.411 e. The molecule has 1 aromatic heterocycles. The van der Waals surface area contributed by atoms with E-state index in [0.29, 0.717) is 24.5 Å². The second-order valence-electron chi connectivity index (χ2n) is 6.12. The first-order chi connectivity index (χ1) is 12.7. The number of carbonyl (C=O) groups is 1. The average Bonchev–Trinajstić information content (AvgIpc) is 2.69. The molecule has 7 heteroatoms. The first kappa shape index (κ1) is 18.0. The summed E-state index contributed by atoms with van der Waals surface area (Å²) in [6.07, 6.45) is 0.835. The summed E-state index contributed by atoms with van der Waals surface area (Å²) in [5.41, 5.74) is 0.578. The van der Waals surface area contributed by atoms with Crippen molar-refractivity contribution >= 4 is 17.6 Å². The van der Waals surface area contributed by atoms with Gasteiger partial charge in [0.25, 0.3) is 0 Å². The van der Waals surface area contributed by atoms with Crippen LogP contribution in [0.15, 0.2) is 48.7 Å². The lowest BCUT2D eigenvalue weighted by molar-refractivity contribution is 0.198. The Morgan fingerprint density at radius 3 is 2.54 bits per heavy atom. The highest BCUT2D eigenvalue weighted by Gasteiger charge is 2.22. The molecule has 1 saturated heterocycles. The second kappa shape index (κ2) is 8.53. The molecule has 2 aromatic rings. The molecular formula is C19H24N4O3. The van der Waals surface area contributed by atoms with Crippen LogP contribution in [-0.4, -0.2) is 67.5 Å². The molecule has 0 aliphatic carbocycles. The van der Waals surface area contributed by atoms with Gasteiger partial charge in [0.1, 0.15) is 11.6 Å². The van der Waals surface area contributed by atoms with Crippen molar-refractivity contribution in [3.63, 3.8) is 0 Å². The number of rotatable bonds is 6. The number of methoxy groups -OCH3 is 1. The Morgan fingerprint density at radius 1 is 1.15 bits per heavy atom. The Balaban J connectivity index is 1.57. The zero-order valence-electron chi connectivity index (χ0n) is 14.9. The minimum atomic E-state index is -0.971. The first-order valence-corrected chi connectivity index (χ1v) is 8.71. The fourth-order valence-electron chi connectivity index (χ4n) is 3.15. The Morgan fingerprint density at radius 2 is 1.88 bits per heavy atom. The van der Waals surface area contributed by atoms with Gasteiger partial charge in [-0.3, -0.25) is 9.80 Å². The van der Waals surface area contributed by atoms with Gasteiger partial charge in [-0.15, -0.1) is 0 Å². The van der Waals surface area contributed by atoms with Crippen LogP contribution in [0.3, 0.4) is 0 Å². The molecule has 1 aliphatic heterocycles. The second-order valence-corrected chi connectivity index (χ2v) is 6.12. The SMILES string of the molecule is COc1ccccc1N(CCN1CCN(c2ccccn2)CC1)C(=O)O. The number of ether oxygens (including phenoxy) is 1. The molecule has 0 radical (unpaired) electrons. The molecule has 26 heavy (non-hydrogen) atoms. The van der Waals surface area contributed by atoms with E-state index in [1.54, 1.807) is 25.4 Å². The fraction of sp³-hybridized carbons (Fsp3) is 0.368. The van der Waals surface area contributed by atoms with Crippen molar-refractivity contribution in [3.8, 4) is 5.75 Å². The van der Waals surface area contributed by atoms with Gasteiger partial charge >= 0.3 is 6.09 Å². The van der Waals surface area contributed by atoms with Crippen molar-refractivity contribution in [1.82, 2.24) is 9.88 Å². The number of carboxylic acid groups (broad SMARTS) is 1. The van der Waals surface area contributed by atoms with Gasteiger partial charge in [-0.05, 0) is 24.3 Å². The number of nitrogens with zero attached hydrogens (tertiary/aromatic N) is 4. The molecule has 0 unspecified atom stereocenters. The minimum absolute atomic E-state index is 0.402. The maximum atomic E-state index is 11.7. The van der Waals surface area contributed by atoms with Crippen LogP contribution >= 0.6 is 0 Å². The third-order valence-corrected chi connectivity index (χ3v) is 4.59. The lowest BCUT2D eigenvalue weighted by Crippen LogP contribution is -2.49. The molecular weight excluding hydrogens is 332 g/mol. The van der Waals surface area contributed by atoms with Gasteiger partial charge < -0.3 is 14.7 Å². The van der Waals surface area contributed by atoms with Crippen LogP contribution < -0.4 is 14.5 Å². The number of hydrogen-bond acceptors (Lipinski definition) is 5. The highest BCUT2D eigenvalue weighted by atomic mass is 16.5. The van der Waals surface area contributed by atoms with E-state index in [9.17, 15) is 9.90 Å². The first-order valence-electron chi connectivity index (χ1n) is 8.71. The Bertz CT molecular complexity index is 718. The molecule has 7 nitrogen and oxygen atoms in total. The molecule has 1 amide bonds. The van der Waals surface area contributed by atoms with Crippen LogP contribution in [-0.2, 0) is 0 Å². The summed E-state index contributed by atoms with van der Waals surface area (Å²) in [6.45, 7) is 4.63. The van der Waals surface area contributed by atoms with Crippen molar-refractivity contribution in [2.75, 3.05) is 56.2 Å². The van der Waals surface area contributed by atoms with Crippen LogP contribution in [0.25, 0.3) is 0 Å². The lowest BCUT2D eigenvalue weighted by Gasteiger charge is -2.36. The molecule has 1 aliphatic rings. The molecule has 0 atom stereocenters. The van der Waals surface area contributed by atoms with Crippen molar-refractivity contribution in [1.29, 1.82) is 0 Å². The van der Waals surface area contributed by atoms with Crippen LogP contribution in [0.4, 0.5) is 16.3 Å². The monoisotopic (exact) mass is 356 g/mol. The molecule has 1 N–H and O–H groups in total. The van der Waals surface area contributed by atoms with Gasteiger partial charge in [0.05, 0.1) is 12.8 Å². The summed E-state index contributed by atoms with van der Waals surface area (Å²) in [4.78, 5) is 22.0. The lowest BCUT2D eigenvalue weighted by atomic mass is 10.2. The molecule has 0 bridgehead atoms. The topological polar surface area (TPSA) is 69.1 Å². The van der Waals surface area contributed by atoms with Gasteiger partial charge in [-0.25, -0.2) is 9.78 Å². The van der Waals surface area contributed by atoms with Crippen molar-refractivity contribution in [2.24, 2.45) is 0 Å². The summed E-state index contributed by atoms with van der Waals surface area (Å²) in [5, 5.41) is 9.60.